The second-order valence-electron chi connectivity index (χ2n) is 4.77. The highest BCUT2D eigenvalue weighted by Crippen LogP contribution is 2.23. The van der Waals surface area contributed by atoms with E-state index in [4.69, 9.17) is 0 Å². The molecule has 0 bridgehead atoms. The molecule has 1 radical (unpaired) electrons. The van der Waals surface area contributed by atoms with Crippen LogP contribution in [0.2, 0.25) is 0 Å². The van der Waals surface area contributed by atoms with E-state index in [1.54, 1.807) is 0 Å². The van der Waals surface area contributed by atoms with Gasteiger partial charge >= 0.3 is 6.03 Å². The van der Waals surface area contributed by atoms with Crippen molar-refractivity contribution >= 4 is 11.9 Å². The first-order valence-electron chi connectivity index (χ1n) is 6.57. The molecule has 1 fully saturated rings. The van der Waals surface area contributed by atoms with Gasteiger partial charge in [-0.3, -0.25) is 10.1 Å². The summed E-state index contributed by atoms with van der Waals surface area (Å²) in [5, 5.41) is 5.08. The van der Waals surface area contributed by atoms with Crippen molar-refractivity contribution in [3.05, 3.63) is 30.3 Å². The van der Waals surface area contributed by atoms with Crippen LogP contribution in [0.4, 0.5) is 4.79 Å². The minimum Gasteiger partial charge on any atom is -0.308 e. The van der Waals surface area contributed by atoms with Crippen molar-refractivity contribution in [3.8, 4) is 0 Å². The Labute approximate surface area is 108 Å². The molecule has 97 valence electrons. The van der Waals surface area contributed by atoms with Gasteiger partial charge in [-0.15, -0.1) is 0 Å². The molecule has 2 aliphatic carbocycles. The summed E-state index contributed by atoms with van der Waals surface area (Å²) in [5.41, 5.74) is 0.718. The largest absolute Gasteiger partial charge is 0.325 e. The molecular formula is C14H19N2O2. The molecule has 0 aromatic carbocycles. The molecule has 0 spiro atoms. The summed E-state index contributed by atoms with van der Waals surface area (Å²) in [6.45, 7) is 0. The number of carbonyl (C=O) groups excluding carboxylic acids is 2. The lowest BCUT2D eigenvalue weighted by Gasteiger charge is -2.20. The van der Waals surface area contributed by atoms with Crippen LogP contribution in [0.3, 0.4) is 0 Å². The van der Waals surface area contributed by atoms with Gasteiger partial charge in [-0.05, 0) is 31.8 Å². The molecule has 2 rings (SSSR count). The Morgan fingerprint density at radius 1 is 1.17 bits per heavy atom. The first-order valence-corrected chi connectivity index (χ1v) is 6.57. The maximum atomic E-state index is 11.8. The van der Waals surface area contributed by atoms with Gasteiger partial charge in [0.2, 0.25) is 5.91 Å². The van der Waals surface area contributed by atoms with Crippen LogP contribution in [-0.4, -0.2) is 11.9 Å². The van der Waals surface area contributed by atoms with Gasteiger partial charge < -0.3 is 5.32 Å². The number of allylic oxidation sites excluding steroid dienone is 3. The van der Waals surface area contributed by atoms with Crippen LogP contribution >= 0.6 is 0 Å². The van der Waals surface area contributed by atoms with E-state index in [9.17, 15) is 9.59 Å². The monoisotopic (exact) mass is 247 g/mol. The molecule has 4 nitrogen and oxygen atoms in total. The lowest BCUT2D eigenvalue weighted by molar-refractivity contribution is -0.124. The number of nitrogens with one attached hydrogen (secondary N) is 2. The highest BCUT2D eigenvalue weighted by Gasteiger charge is 2.22. The molecule has 0 heterocycles. The standard InChI is InChI=1S/C14H19N2O2/c17-13(11-7-3-1-4-8-11)16-14(18)15-12-9-5-2-6-10-12/h5-6,9-11H,1-4,7-8H2,(H2,15,16,17,18). The Kier molecular flexibility index (Phi) is 4.56. The van der Waals surface area contributed by atoms with Crippen LogP contribution < -0.4 is 10.6 Å². The Balaban J connectivity index is 1.77. The van der Waals surface area contributed by atoms with Crippen LogP contribution in [0.1, 0.15) is 38.5 Å². The van der Waals surface area contributed by atoms with E-state index < -0.39 is 6.03 Å². The van der Waals surface area contributed by atoms with Crippen molar-refractivity contribution in [2.45, 2.75) is 38.5 Å². The molecule has 0 aliphatic heterocycles. The average Bonchev–Trinajstić information content (AvgIpc) is 2.40. The second kappa shape index (κ2) is 6.38. The van der Waals surface area contributed by atoms with Gasteiger partial charge in [-0.1, -0.05) is 31.4 Å². The van der Waals surface area contributed by atoms with E-state index in [0.29, 0.717) is 0 Å². The van der Waals surface area contributed by atoms with Crippen LogP contribution in [0.25, 0.3) is 0 Å². The summed E-state index contributed by atoms with van der Waals surface area (Å²) in [6, 6.07) is -0.434. The number of urea groups is 1. The van der Waals surface area contributed by atoms with E-state index in [1.807, 2.05) is 24.6 Å². The fourth-order valence-electron chi connectivity index (χ4n) is 2.35. The highest BCUT2D eigenvalue weighted by molar-refractivity contribution is 5.96. The molecule has 2 N–H and O–H groups in total. The van der Waals surface area contributed by atoms with Crippen molar-refractivity contribution in [2.75, 3.05) is 0 Å². The number of carbonyl (C=O) groups is 2. The number of hydrogen-bond donors (Lipinski definition) is 2. The average molecular weight is 247 g/mol. The highest BCUT2D eigenvalue weighted by atomic mass is 16.2. The molecule has 2 aliphatic rings. The number of amides is 3. The predicted octanol–water partition coefficient (Wildman–Crippen LogP) is 2.44. The molecule has 1 saturated carbocycles. The van der Waals surface area contributed by atoms with E-state index in [1.165, 1.54) is 6.42 Å². The van der Waals surface area contributed by atoms with E-state index in [2.05, 4.69) is 10.6 Å². The third-order valence-electron chi connectivity index (χ3n) is 3.34. The minimum absolute atomic E-state index is 0.00643. The Morgan fingerprint density at radius 3 is 2.61 bits per heavy atom. The van der Waals surface area contributed by atoms with E-state index in [-0.39, 0.29) is 11.8 Å². The molecular weight excluding hydrogens is 228 g/mol. The Hall–Kier alpha value is -1.58. The first-order chi connectivity index (χ1) is 8.75. The SMILES string of the molecule is O=C(NC(=O)C1CCCCC1)NC1=C[CH]CC=C1. The zero-order valence-corrected chi connectivity index (χ0v) is 10.4. The summed E-state index contributed by atoms with van der Waals surface area (Å²) < 4.78 is 0. The quantitative estimate of drug-likeness (QED) is 0.787. The van der Waals surface area contributed by atoms with Crippen molar-refractivity contribution in [1.82, 2.24) is 10.6 Å². The third-order valence-corrected chi connectivity index (χ3v) is 3.34. The smallest absolute Gasteiger partial charge is 0.308 e. The zero-order valence-electron chi connectivity index (χ0n) is 10.4. The predicted molar refractivity (Wildman–Crippen MR) is 69.4 cm³/mol. The molecule has 0 aromatic heterocycles. The lowest BCUT2D eigenvalue weighted by Crippen LogP contribution is -2.42. The normalized spacial score (nSPS) is 20.1. The van der Waals surface area contributed by atoms with Crippen LogP contribution in [0, 0.1) is 12.3 Å². The fraction of sp³-hybridized carbons (Fsp3) is 0.500. The molecule has 18 heavy (non-hydrogen) atoms. The summed E-state index contributed by atoms with van der Waals surface area (Å²) in [6.07, 6.45) is 13.6. The van der Waals surface area contributed by atoms with Gasteiger partial charge in [-0.2, -0.15) is 0 Å². The second-order valence-corrected chi connectivity index (χ2v) is 4.77. The van der Waals surface area contributed by atoms with Gasteiger partial charge in [0.15, 0.2) is 0 Å². The summed E-state index contributed by atoms with van der Waals surface area (Å²) >= 11 is 0. The van der Waals surface area contributed by atoms with Gasteiger partial charge in [0.25, 0.3) is 0 Å². The lowest BCUT2D eigenvalue weighted by atomic mass is 9.89. The molecule has 4 heteroatoms. The molecule has 0 atom stereocenters. The van der Waals surface area contributed by atoms with Crippen LogP contribution in [-0.2, 0) is 4.79 Å². The van der Waals surface area contributed by atoms with Gasteiger partial charge in [0.05, 0.1) is 0 Å². The number of imide groups is 1. The summed E-state index contributed by atoms with van der Waals surface area (Å²) in [4.78, 5) is 23.5. The Morgan fingerprint density at radius 2 is 1.94 bits per heavy atom. The number of rotatable bonds is 2. The maximum Gasteiger partial charge on any atom is 0.325 e. The zero-order chi connectivity index (χ0) is 12.8. The third kappa shape index (κ3) is 3.72. The summed E-state index contributed by atoms with van der Waals surface area (Å²) in [7, 11) is 0. The van der Waals surface area contributed by atoms with Crippen molar-refractivity contribution < 1.29 is 9.59 Å². The number of hydrogen-bond acceptors (Lipinski definition) is 2. The molecule has 0 unspecified atom stereocenters. The molecule has 0 aromatic rings. The minimum atomic E-state index is -0.434. The topological polar surface area (TPSA) is 58.2 Å². The van der Waals surface area contributed by atoms with E-state index in [0.717, 1.165) is 37.8 Å². The fourth-order valence-corrected chi connectivity index (χ4v) is 2.35. The molecule has 3 amide bonds. The van der Waals surface area contributed by atoms with E-state index >= 15 is 0 Å². The Bertz CT molecular complexity index is 379. The maximum absolute atomic E-state index is 11.8. The van der Waals surface area contributed by atoms with Gasteiger partial charge in [0, 0.05) is 11.6 Å². The van der Waals surface area contributed by atoms with Gasteiger partial charge in [-0.25, -0.2) is 4.79 Å². The van der Waals surface area contributed by atoms with Crippen molar-refractivity contribution in [3.63, 3.8) is 0 Å². The van der Waals surface area contributed by atoms with Crippen LogP contribution in [0.15, 0.2) is 23.9 Å². The first kappa shape index (κ1) is 12.9. The van der Waals surface area contributed by atoms with Crippen molar-refractivity contribution in [1.29, 1.82) is 0 Å². The summed E-state index contributed by atoms with van der Waals surface area (Å²) in [5.74, 6) is -0.136. The van der Waals surface area contributed by atoms with Gasteiger partial charge in [0.1, 0.15) is 0 Å². The molecule has 0 saturated heterocycles. The van der Waals surface area contributed by atoms with Crippen LogP contribution in [0.5, 0.6) is 0 Å². The van der Waals surface area contributed by atoms with Crippen molar-refractivity contribution in [2.24, 2.45) is 5.92 Å².